The minimum Gasteiger partial charge on any atom is -0.342 e. The van der Waals surface area contributed by atoms with Gasteiger partial charge in [0.1, 0.15) is 0 Å². The van der Waals surface area contributed by atoms with Crippen LogP contribution < -0.4 is 5.73 Å². The van der Waals surface area contributed by atoms with E-state index in [4.69, 9.17) is 5.73 Å². The largest absolute Gasteiger partial charge is 0.342 e. The normalized spacial score (nSPS) is 9.93. The average Bonchev–Trinajstić information content (AvgIpc) is 2.18. The second-order valence-corrected chi connectivity index (χ2v) is 3.35. The Morgan fingerprint density at radius 1 is 1.36 bits per heavy atom. The summed E-state index contributed by atoms with van der Waals surface area (Å²) in [6.45, 7) is 2.70. The van der Waals surface area contributed by atoms with Crippen LogP contribution in [0.5, 0.6) is 0 Å². The lowest BCUT2D eigenvalue weighted by atomic mass is 10.1. The van der Waals surface area contributed by atoms with Gasteiger partial charge in [0.25, 0.3) is 0 Å². The van der Waals surface area contributed by atoms with Gasteiger partial charge < -0.3 is 10.6 Å². The van der Waals surface area contributed by atoms with Gasteiger partial charge in [-0.3, -0.25) is 4.79 Å². The van der Waals surface area contributed by atoms with Crippen molar-refractivity contribution in [3.63, 3.8) is 0 Å². The summed E-state index contributed by atoms with van der Waals surface area (Å²) < 4.78 is 0. The molecule has 3 nitrogen and oxygen atoms in total. The second kappa shape index (κ2) is 4.77. The van der Waals surface area contributed by atoms with Gasteiger partial charge in [0.15, 0.2) is 0 Å². The fourth-order valence-corrected chi connectivity index (χ4v) is 1.28. The smallest absolute Gasteiger partial charge is 0.219 e. The summed E-state index contributed by atoms with van der Waals surface area (Å²) in [7, 11) is 1.79. The number of hydrogen-bond donors (Lipinski definition) is 1. The first-order valence-electron chi connectivity index (χ1n) is 4.63. The highest BCUT2D eigenvalue weighted by Gasteiger charge is 2.05. The van der Waals surface area contributed by atoms with Crippen molar-refractivity contribution in [2.24, 2.45) is 5.73 Å². The molecule has 0 atom stereocenters. The number of benzene rings is 1. The zero-order chi connectivity index (χ0) is 10.6. The lowest BCUT2D eigenvalue weighted by Crippen LogP contribution is -2.23. The van der Waals surface area contributed by atoms with Crippen LogP contribution in [-0.2, 0) is 17.9 Å². The van der Waals surface area contributed by atoms with Gasteiger partial charge >= 0.3 is 0 Å². The van der Waals surface area contributed by atoms with E-state index in [0.717, 1.165) is 11.1 Å². The zero-order valence-electron chi connectivity index (χ0n) is 8.66. The fraction of sp³-hybridized carbons (Fsp3) is 0.364. The molecule has 1 aromatic rings. The van der Waals surface area contributed by atoms with E-state index in [1.807, 2.05) is 24.3 Å². The number of nitrogens with two attached hydrogens (primary N) is 1. The maximum atomic E-state index is 11.0. The molecule has 0 aliphatic carbocycles. The van der Waals surface area contributed by atoms with Crippen LogP contribution in [0.25, 0.3) is 0 Å². The summed E-state index contributed by atoms with van der Waals surface area (Å²) in [5.74, 6) is 0.0665. The maximum Gasteiger partial charge on any atom is 0.219 e. The number of amides is 1. The molecule has 0 saturated carbocycles. The molecule has 0 aliphatic rings. The molecule has 1 aromatic carbocycles. The Morgan fingerprint density at radius 3 is 2.43 bits per heavy atom. The Hall–Kier alpha value is -1.35. The summed E-state index contributed by atoms with van der Waals surface area (Å²) in [6.07, 6.45) is 0. The van der Waals surface area contributed by atoms with E-state index in [2.05, 4.69) is 0 Å². The molecule has 0 aliphatic heterocycles. The van der Waals surface area contributed by atoms with Gasteiger partial charge in [0, 0.05) is 27.1 Å². The van der Waals surface area contributed by atoms with Crippen LogP contribution in [0, 0.1) is 0 Å². The van der Waals surface area contributed by atoms with Crippen LogP contribution in [0.1, 0.15) is 18.1 Å². The molecular weight excluding hydrogens is 176 g/mol. The molecule has 0 spiro atoms. The molecule has 0 heterocycles. The highest BCUT2D eigenvalue weighted by Crippen LogP contribution is 2.10. The Kier molecular flexibility index (Phi) is 3.65. The van der Waals surface area contributed by atoms with Crippen molar-refractivity contribution in [2.75, 3.05) is 7.05 Å². The van der Waals surface area contributed by atoms with E-state index >= 15 is 0 Å². The van der Waals surface area contributed by atoms with Crippen LogP contribution in [0.2, 0.25) is 0 Å². The Bertz CT molecular complexity index is 323. The van der Waals surface area contributed by atoms with Gasteiger partial charge in [-0.1, -0.05) is 24.3 Å². The van der Waals surface area contributed by atoms with E-state index in [1.54, 1.807) is 18.9 Å². The SMILES string of the molecule is CC(=O)N(C)Cc1ccccc1CN. The third-order valence-corrected chi connectivity index (χ3v) is 2.28. The van der Waals surface area contributed by atoms with Gasteiger partial charge in [-0.2, -0.15) is 0 Å². The zero-order valence-corrected chi connectivity index (χ0v) is 8.66. The Balaban J connectivity index is 2.80. The van der Waals surface area contributed by atoms with Gasteiger partial charge in [0.05, 0.1) is 0 Å². The van der Waals surface area contributed by atoms with Crippen molar-refractivity contribution in [3.8, 4) is 0 Å². The fourth-order valence-electron chi connectivity index (χ4n) is 1.28. The number of rotatable bonds is 3. The summed E-state index contributed by atoms with van der Waals surface area (Å²) >= 11 is 0. The highest BCUT2D eigenvalue weighted by atomic mass is 16.2. The van der Waals surface area contributed by atoms with Crippen molar-refractivity contribution in [1.82, 2.24) is 4.90 Å². The predicted molar refractivity (Wildman–Crippen MR) is 56.5 cm³/mol. The summed E-state index contributed by atoms with van der Waals surface area (Å²) in [4.78, 5) is 12.7. The molecule has 0 unspecified atom stereocenters. The molecule has 2 N–H and O–H groups in total. The van der Waals surface area contributed by atoms with Crippen LogP contribution in [0.4, 0.5) is 0 Å². The predicted octanol–water partition coefficient (Wildman–Crippen LogP) is 1.12. The molecule has 0 saturated heterocycles. The summed E-state index contributed by atoms with van der Waals surface area (Å²) in [5.41, 5.74) is 7.82. The molecule has 0 bridgehead atoms. The van der Waals surface area contributed by atoms with Crippen molar-refractivity contribution < 1.29 is 4.79 Å². The van der Waals surface area contributed by atoms with Crippen molar-refractivity contribution in [1.29, 1.82) is 0 Å². The highest BCUT2D eigenvalue weighted by molar-refractivity contribution is 5.72. The van der Waals surface area contributed by atoms with E-state index in [9.17, 15) is 4.79 Å². The molecule has 0 radical (unpaired) electrons. The van der Waals surface area contributed by atoms with Gasteiger partial charge in [0.2, 0.25) is 5.91 Å². The molecule has 76 valence electrons. The Morgan fingerprint density at radius 2 is 1.93 bits per heavy atom. The van der Waals surface area contributed by atoms with Gasteiger partial charge in [-0.05, 0) is 11.1 Å². The number of carbonyl (C=O) groups is 1. The van der Waals surface area contributed by atoms with E-state index in [0.29, 0.717) is 13.1 Å². The second-order valence-electron chi connectivity index (χ2n) is 3.35. The summed E-state index contributed by atoms with van der Waals surface area (Å²) in [6, 6.07) is 7.91. The van der Waals surface area contributed by atoms with Gasteiger partial charge in [-0.15, -0.1) is 0 Å². The van der Waals surface area contributed by atoms with E-state index < -0.39 is 0 Å². The lowest BCUT2D eigenvalue weighted by molar-refractivity contribution is -0.128. The van der Waals surface area contributed by atoms with Crippen molar-refractivity contribution in [3.05, 3.63) is 35.4 Å². The van der Waals surface area contributed by atoms with E-state index in [1.165, 1.54) is 0 Å². The number of carbonyl (C=O) groups excluding carboxylic acids is 1. The molecule has 0 aromatic heterocycles. The molecule has 14 heavy (non-hydrogen) atoms. The standard InChI is InChI=1S/C11H16N2O/c1-9(14)13(2)8-11-6-4-3-5-10(11)7-12/h3-6H,7-8,12H2,1-2H3. The quantitative estimate of drug-likeness (QED) is 0.780. The molecule has 0 fully saturated rings. The molecule has 1 amide bonds. The topological polar surface area (TPSA) is 46.3 Å². The average molecular weight is 192 g/mol. The third-order valence-electron chi connectivity index (χ3n) is 2.28. The van der Waals surface area contributed by atoms with Crippen LogP contribution in [0.15, 0.2) is 24.3 Å². The van der Waals surface area contributed by atoms with Crippen molar-refractivity contribution in [2.45, 2.75) is 20.0 Å². The summed E-state index contributed by atoms with van der Waals surface area (Å²) in [5, 5.41) is 0. The van der Waals surface area contributed by atoms with Crippen LogP contribution in [-0.4, -0.2) is 17.9 Å². The van der Waals surface area contributed by atoms with E-state index in [-0.39, 0.29) is 5.91 Å². The van der Waals surface area contributed by atoms with Crippen LogP contribution in [0.3, 0.4) is 0 Å². The Labute approximate surface area is 84.5 Å². The third kappa shape index (κ3) is 2.57. The lowest BCUT2D eigenvalue weighted by Gasteiger charge is -2.16. The molecule has 1 rings (SSSR count). The molecule has 3 heteroatoms. The number of hydrogen-bond acceptors (Lipinski definition) is 2. The van der Waals surface area contributed by atoms with Gasteiger partial charge in [-0.25, -0.2) is 0 Å². The first-order chi connectivity index (χ1) is 6.65. The minimum absolute atomic E-state index is 0.0665. The monoisotopic (exact) mass is 192 g/mol. The van der Waals surface area contributed by atoms with Crippen molar-refractivity contribution >= 4 is 5.91 Å². The molecular formula is C11H16N2O. The maximum absolute atomic E-state index is 11.0. The number of nitrogens with zero attached hydrogens (tertiary/aromatic N) is 1. The first-order valence-corrected chi connectivity index (χ1v) is 4.63. The minimum atomic E-state index is 0.0665. The van der Waals surface area contributed by atoms with Crippen LogP contribution >= 0.6 is 0 Å². The first kappa shape index (κ1) is 10.7.